The van der Waals surface area contributed by atoms with E-state index in [1.165, 1.54) is 29.1 Å². The summed E-state index contributed by atoms with van der Waals surface area (Å²) in [5, 5.41) is 26.6. The van der Waals surface area contributed by atoms with E-state index in [2.05, 4.69) is 27.5 Å². The molecule has 0 bridgehead atoms. The molecule has 1 aliphatic carbocycles. The van der Waals surface area contributed by atoms with Crippen LogP contribution in [0, 0.1) is 22.9 Å². The molecule has 0 unspecified atom stereocenters. The topological polar surface area (TPSA) is 116 Å². The number of likely N-dealkylation sites (N-methyl/N-ethyl adjacent to an activating group) is 1. The van der Waals surface area contributed by atoms with Gasteiger partial charge < -0.3 is 31.4 Å². The van der Waals surface area contributed by atoms with Crippen LogP contribution in [0.1, 0.15) is 12.5 Å². The Hall–Kier alpha value is -4.88. The van der Waals surface area contributed by atoms with E-state index in [0.29, 0.717) is 12.2 Å². The maximum Gasteiger partial charge on any atom is 0.351 e. The fourth-order valence-corrected chi connectivity index (χ4v) is 3.62. The molecule has 3 rings (SSSR count). The van der Waals surface area contributed by atoms with Gasteiger partial charge in [0.1, 0.15) is 5.76 Å². The number of carbonyl (C=O) groups is 1. The molecule has 41 heavy (non-hydrogen) atoms. The fourth-order valence-electron chi connectivity index (χ4n) is 3.62. The zero-order chi connectivity index (χ0) is 30.3. The van der Waals surface area contributed by atoms with Gasteiger partial charge in [0.25, 0.3) is 6.43 Å². The molecule has 1 aromatic carbocycles. The molecule has 1 heterocycles. The first kappa shape index (κ1) is 30.7. The number of aliphatic hydroxyl groups is 1. The van der Waals surface area contributed by atoms with Crippen LogP contribution in [0.3, 0.4) is 0 Å². The number of guanidine groups is 1. The molecule has 1 aromatic rings. The Labute approximate surface area is 232 Å². The van der Waals surface area contributed by atoms with Crippen LogP contribution in [0.2, 0.25) is 0 Å². The van der Waals surface area contributed by atoms with Crippen LogP contribution in [0.15, 0.2) is 88.8 Å². The number of allylic oxidation sites excluding steroid dienone is 4. The lowest BCUT2D eigenvalue weighted by Gasteiger charge is -2.26. The summed E-state index contributed by atoms with van der Waals surface area (Å²) in [6.45, 7) is 5.09. The summed E-state index contributed by atoms with van der Waals surface area (Å²) in [5.41, 5.74) is 1.23. The summed E-state index contributed by atoms with van der Waals surface area (Å²) >= 11 is 0. The average molecular weight is 578 g/mol. The summed E-state index contributed by atoms with van der Waals surface area (Å²) < 4.78 is 66.4. The first-order valence-electron chi connectivity index (χ1n) is 12.1. The van der Waals surface area contributed by atoms with Crippen molar-refractivity contribution in [2.24, 2.45) is 4.99 Å². The van der Waals surface area contributed by atoms with E-state index in [1.807, 2.05) is 6.92 Å². The maximum absolute atomic E-state index is 13.9. The molecular weight excluding hydrogens is 549 g/mol. The number of nitrogens with zero attached hydrogens (tertiary/aromatic N) is 3. The van der Waals surface area contributed by atoms with Crippen molar-refractivity contribution in [2.45, 2.75) is 19.9 Å². The van der Waals surface area contributed by atoms with Crippen molar-refractivity contribution in [3.05, 3.63) is 107 Å². The third-order valence-electron chi connectivity index (χ3n) is 5.73. The average Bonchev–Trinajstić information content (AvgIpc) is 2.91. The summed E-state index contributed by atoms with van der Waals surface area (Å²) in [6, 6.07) is 0.734. The summed E-state index contributed by atoms with van der Waals surface area (Å²) in [4.78, 5) is 19.7. The van der Waals surface area contributed by atoms with Crippen LogP contribution in [-0.4, -0.2) is 59.2 Å². The zero-order valence-corrected chi connectivity index (χ0v) is 22.1. The molecule has 0 fully saturated rings. The Morgan fingerprint density at radius 3 is 2.54 bits per heavy atom. The Morgan fingerprint density at radius 1 is 1.24 bits per heavy atom. The quantitative estimate of drug-likeness (QED) is 0.134. The van der Waals surface area contributed by atoms with Crippen molar-refractivity contribution < 1.29 is 31.9 Å². The van der Waals surface area contributed by atoms with Crippen molar-refractivity contribution in [1.29, 1.82) is 5.41 Å². The minimum absolute atomic E-state index is 0.0368. The van der Waals surface area contributed by atoms with E-state index in [1.54, 1.807) is 12.3 Å². The fraction of sp³-hybridized carbons (Fsp3) is 0.222. The van der Waals surface area contributed by atoms with Gasteiger partial charge in [-0.3, -0.25) is 4.90 Å². The predicted molar refractivity (Wildman–Crippen MR) is 144 cm³/mol. The van der Waals surface area contributed by atoms with Gasteiger partial charge in [-0.1, -0.05) is 12.2 Å². The molecular formula is C27H28F5N7O2. The van der Waals surface area contributed by atoms with E-state index in [0.717, 1.165) is 30.0 Å². The third-order valence-corrected chi connectivity index (χ3v) is 5.73. The van der Waals surface area contributed by atoms with E-state index >= 15 is 0 Å². The summed E-state index contributed by atoms with van der Waals surface area (Å²) in [7, 11) is 1.46. The molecule has 0 spiro atoms. The van der Waals surface area contributed by atoms with Gasteiger partial charge in [-0.15, -0.1) is 0 Å². The number of benzene rings is 1. The molecule has 0 radical (unpaired) electrons. The highest BCUT2D eigenvalue weighted by molar-refractivity contribution is 6.10. The van der Waals surface area contributed by atoms with Crippen LogP contribution in [-0.2, 0) is 6.54 Å². The summed E-state index contributed by atoms with van der Waals surface area (Å²) in [6.07, 6.45) is 5.35. The van der Waals surface area contributed by atoms with Crippen LogP contribution < -0.4 is 16.0 Å². The number of rotatable bonds is 8. The number of hydrogen-bond donors (Lipinski definition) is 5. The van der Waals surface area contributed by atoms with Gasteiger partial charge >= 0.3 is 6.03 Å². The van der Waals surface area contributed by atoms with Crippen molar-refractivity contribution in [3.63, 3.8) is 0 Å². The molecule has 14 heteroatoms. The van der Waals surface area contributed by atoms with Crippen LogP contribution in [0.25, 0.3) is 0 Å². The smallest absolute Gasteiger partial charge is 0.351 e. The number of hydrogen-bond acceptors (Lipinski definition) is 5. The lowest BCUT2D eigenvalue weighted by Crippen LogP contribution is -2.40. The number of alkyl halides is 2. The van der Waals surface area contributed by atoms with E-state index < -0.39 is 42.2 Å². The van der Waals surface area contributed by atoms with Crippen LogP contribution in [0.5, 0.6) is 0 Å². The Kier molecular flexibility index (Phi) is 10.1. The molecule has 1 aliphatic heterocycles. The van der Waals surface area contributed by atoms with Crippen molar-refractivity contribution in [1.82, 2.24) is 25.8 Å². The number of dihydropyridines is 1. The van der Waals surface area contributed by atoms with E-state index in [-0.39, 0.29) is 35.0 Å². The number of nitrogens with one attached hydrogen (secondary N) is 4. The monoisotopic (exact) mass is 577 g/mol. The highest BCUT2D eigenvalue weighted by Gasteiger charge is 2.22. The molecule has 218 valence electrons. The Morgan fingerprint density at radius 2 is 1.93 bits per heavy atom. The second kappa shape index (κ2) is 13.5. The minimum Gasteiger partial charge on any atom is -0.506 e. The number of carbonyl (C=O) groups excluding carboxylic acids is 1. The highest BCUT2D eigenvalue weighted by Crippen LogP contribution is 2.20. The largest absolute Gasteiger partial charge is 0.506 e. The number of halogens is 5. The van der Waals surface area contributed by atoms with Crippen molar-refractivity contribution in [3.8, 4) is 0 Å². The highest BCUT2D eigenvalue weighted by atomic mass is 19.3. The first-order chi connectivity index (χ1) is 19.4. The Bertz CT molecular complexity index is 1390. The van der Waals surface area contributed by atoms with Crippen molar-refractivity contribution >= 4 is 17.7 Å². The lowest BCUT2D eigenvalue weighted by molar-refractivity contribution is 0.150. The second-order valence-electron chi connectivity index (χ2n) is 8.93. The molecule has 0 atom stereocenters. The van der Waals surface area contributed by atoms with Gasteiger partial charge in [0, 0.05) is 43.8 Å². The normalized spacial score (nSPS) is 16.3. The molecule has 0 saturated heterocycles. The van der Waals surface area contributed by atoms with E-state index in [9.17, 15) is 31.9 Å². The number of urea groups is 1. The lowest BCUT2D eigenvalue weighted by atomic mass is 10.0. The SMILES string of the molecule is C=CN(Cc1cc(F)c(F)c(F)c1)/C(=N\C(=O)N(C)C1=CNCC(C)=C1)NC1=C/C(=C/NCC(F)F)C(=N)C=C1O. The molecule has 2 amide bonds. The number of aliphatic hydroxyl groups excluding tert-OH is 1. The summed E-state index contributed by atoms with van der Waals surface area (Å²) in [5.74, 6) is -5.22. The maximum atomic E-state index is 13.9. The standard InChI is InChI=1S/C27H28F5N7O2/c1-4-39(14-16-6-19(28)25(32)20(29)7-16)26(37-27(41)38(3)18-5-15(2)10-34-12-18)36-22-8-17(11-35-13-24(30)31)21(33)9-23(22)40/h4-9,11-12,24,33-35,40H,1,10,13-14H2,2-3H3,(H,36,37,41)/b17-11-,33-21?. The second-order valence-corrected chi connectivity index (χ2v) is 8.93. The van der Waals surface area contributed by atoms with E-state index in [4.69, 9.17) is 5.41 Å². The van der Waals surface area contributed by atoms with Gasteiger partial charge in [-0.2, -0.15) is 4.99 Å². The van der Waals surface area contributed by atoms with Crippen molar-refractivity contribution in [2.75, 3.05) is 20.1 Å². The first-order valence-corrected chi connectivity index (χ1v) is 12.1. The minimum atomic E-state index is -2.65. The molecule has 0 saturated carbocycles. The molecule has 5 N–H and O–H groups in total. The van der Waals surface area contributed by atoms with Gasteiger partial charge in [0.2, 0.25) is 5.96 Å². The Balaban J connectivity index is 2.00. The third kappa shape index (κ3) is 8.06. The zero-order valence-electron chi connectivity index (χ0n) is 22.1. The molecule has 2 aliphatic rings. The molecule has 9 nitrogen and oxygen atoms in total. The van der Waals surface area contributed by atoms with Crippen LogP contribution >= 0.6 is 0 Å². The molecule has 0 aromatic heterocycles. The van der Waals surface area contributed by atoms with Gasteiger partial charge in [-0.05, 0) is 36.8 Å². The van der Waals surface area contributed by atoms with Crippen LogP contribution in [0.4, 0.5) is 26.7 Å². The number of amides is 2. The number of aliphatic imine (C=N–C) groups is 1. The van der Waals surface area contributed by atoms with Gasteiger partial charge in [-0.25, -0.2) is 26.7 Å². The predicted octanol–water partition coefficient (Wildman–Crippen LogP) is 4.54. The van der Waals surface area contributed by atoms with Gasteiger partial charge in [0.05, 0.1) is 30.2 Å². The van der Waals surface area contributed by atoms with Gasteiger partial charge in [0.15, 0.2) is 17.5 Å².